The Morgan fingerprint density at radius 1 is 1.09 bits per heavy atom. The summed E-state index contributed by atoms with van der Waals surface area (Å²) < 4.78 is 51.7. The van der Waals surface area contributed by atoms with Gasteiger partial charge in [0.2, 0.25) is 5.91 Å². The molecule has 178 valence electrons. The average Bonchev–Trinajstić information content (AvgIpc) is 2.78. The Labute approximate surface area is 190 Å². The van der Waals surface area contributed by atoms with Crippen molar-refractivity contribution in [1.29, 1.82) is 0 Å². The number of benzene rings is 2. The molecule has 1 heterocycles. The first-order chi connectivity index (χ1) is 15.6. The van der Waals surface area contributed by atoms with E-state index in [0.29, 0.717) is 32.5 Å². The lowest BCUT2D eigenvalue weighted by molar-refractivity contribution is -0.137. The Hall–Kier alpha value is -2.94. The monoisotopic (exact) mass is 465 g/mol. The Morgan fingerprint density at radius 3 is 2.27 bits per heavy atom. The summed E-state index contributed by atoms with van der Waals surface area (Å²) >= 11 is 0. The zero-order valence-corrected chi connectivity index (χ0v) is 18.5. The van der Waals surface area contributed by atoms with Gasteiger partial charge in [0, 0.05) is 31.1 Å². The summed E-state index contributed by atoms with van der Waals surface area (Å²) in [5.74, 6) is -1.08. The van der Waals surface area contributed by atoms with E-state index in [1.807, 2.05) is 25.1 Å². The fourth-order valence-electron chi connectivity index (χ4n) is 3.98. The summed E-state index contributed by atoms with van der Waals surface area (Å²) in [6.07, 6.45) is -3.52. The molecule has 9 heteroatoms. The van der Waals surface area contributed by atoms with Gasteiger partial charge in [-0.2, -0.15) is 13.2 Å². The quantitative estimate of drug-likeness (QED) is 0.654. The molecule has 0 spiro atoms. The van der Waals surface area contributed by atoms with Gasteiger partial charge < -0.3 is 15.1 Å². The van der Waals surface area contributed by atoms with Gasteiger partial charge in [-0.3, -0.25) is 9.59 Å². The number of carbonyl (C=O) groups excluding carboxylic acids is 2. The number of nitrogens with one attached hydrogen (secondary N) is 1. The van der Waals surface area contributed by atoms with E-state index in [1.54, 1.807) is 11.0 Å². The highest BCUT2D eigenvalue weighted by molar-refractivity contribution is 5.94. The molecule has 3 rings (SSSR count). The first kappa shape index (κ1) is 24.7. The van der Waals surface area contributed by atoms with Crippen molar-refractivity contribution in [2.24, 2.45) is 5.92 Å². The molecule has 0 aromatic heterocycles. The molecule has 1 aliphatic rings. The highest BCUT2D eigenvalue weighted by Gasteiger charge is 2.31. The molecule has 1 atom stereocenters. The maximum absolute atomic E-state index is 13.6. The number of alkyl halides is 3. The Morgan fingerprint density at radius 2 is 1.73 bits per heavy atom. The second kappa shape index (κ2) is 10.3. The van der Waals surface area contributed by atoms with Crippen LogP contribution in [0, 0.1) is 11.7 Å². The normalized spacial score (nSPS) is 16.0. The largest absolute Gasteiger partial charge is 0.416 e. The van der Waals surface area contributed by atoms with Crippen molar-refractivity contribution in [3.8, 4) is 0 Å². The molecule has 1 saturated heterocycles. The number of amides is 2. The van der Waals surface area contributed by atoms with Crippen LogP contribution in [0.5, 0.6) is 0 Å². The molecule has 0 bridgehead atoms. The Bertz CT molecular complexity index is 968. The summed E-state index contributed by atoms with van der Waals surface area (Å²) in [5, 5.41) is 2.93. The second-order valence-electron chi connectivity index (χ2n) is 8.42. The number of carbonyl (C=O) groups is 2. The van der Waals surface area contributed by atoms with Crippen LogP contribution in [0.4, 0.5) is 17.6 Å². The molecule has 5 nitrogen and oxygen atoms in total. The second-order valence-corrected chi connectivity index (χ2v) is 8.42. The topological polar surface area (TPSA) is 52.7 Å². The predicted molar refractivity (Wildman–Crippen MR) is 116 cm³/mol. The molecule has 1 unspecified atom stereocenters. The van der Waals surface area contributed by atoms with Crippen molar-refractivity contribution in [3.05, 3.63) is 71.0 Å². The number of hydrogen-bond donors (Lipinski definition) is 1. The van der Waals surface area contributed by atoms with Gasteiger partial charge in [-0.1, -0.05) is 12.1 Å². The van der Waals surface area contributed by atoms with Crippen LogP contribution in [-0.4, -0.2) is 55.3 Å². The van der Waals surface area contributed by atoms with Crippen molar-refractivity contribution in [1.82, 2.24) is 15.1 Å². The number of halogens is 4. The minimum Gasteiger partial charge on any atom is -0.354 e. The minimum absolute atomic E-state index is 0.125. The third-order valence-corrected chi connectivity index (χ3v) is 5.94. The highest BCUT2D eigenvalue weighted by atomic mass is 19.4. The van der Waals surface area contributed by atoms with Crippen LogP contribution in [0.2, 0.25) is 0 Å². The van der Waals surface area contributed by atoms with Crippen LogP contribution < -0.4 is 5.32 Å². The fraction of sp³-hybridized carbons (Fsp3) is 0.417. The molecule has 0 radical (unpaired) electrons. The van der Waals surface area contributed by atoms with E-state index in [1.165, 1.54) is 24.3 Å². The first-order valence-corrected chi connectivity index (χ1v) is 10.7. The van der Waals surface area contributed by atoms with Crippen LogP contribution in [-0.2, 0) is 11.0 Å². The molecule has 2 aromatic rings. The molecular weight excluding hydrogens is 438 g/mol. The van der Waals surface area contributed by atoms with E-state index in [0.717, 1.165) is 17.7 Å². The number of nitrogens with zero attached hydrogens (tertiary/aromatic N) is 2. The zero-order valence-electron chi connectivity index (χ0n) is 18.5. The first-order valence-electron chi connectivity index (χ1n) is 10.7. The molecule has 2 amide bonds. The predicted octanol–water partition coefficient (Wildman–Crippen LogP) is 4.12. The van der Waals surface area contributed by atoms with Gasteiger partial charge in [0.1, 0.15) is 5.82 Å². The lowest BCUT2D eigenvalue weighted by atomic mass is 9.95. The fourth-order valence-corrected chi connectivity index (χ4v) is 3.98. The van der Waals surface area contributed by atoms with Crippen molar-refractivity contribution in [2.45, 2.75) is 25.1 Å². The van der Waals surface area contributed by atoms with Crippen LogP contribution in [0.25, 0.3) is 0 Å². The van der Waals surface area contributed by atoms with Crippen molar-refractivity contribution in [3.63, 3.8) is 0 Å². The lowest BCUT2D eigenvalue weighted by Crippen LogP contribution is -2.44. The molecule has 0 aliphatic carbocycles. The molecular formula is C24H27F4N3O2. The van der Waals surface area contributed by atoms with Crippen LogP contribution in [0.15, 0.2) is 48.5 Å². The van der Waals surface area contributed by atoms with Crippen LogP contribution >= 0.6 is 0 Å². The molecule has 1 fully saturated rings. The Balaban J connectivity index is 1.52. The van der Waals surface area contributed by atoms with Gasteiger partial charge in [-0.15, -0.1) is 0 Å². The third-order valence-electron chi connectivity index (χ3n) is 5.94. The molecule has 1 aliphatic heterocycles. The number of likely N-dealkylation sites (tertiary alicyclic amines) is 1. The Kier molecular flexibility index (Phi) is 7.73. The molecule has 33 heavy (non-hydrogen) atoms. The average molecular weight is 465 g/mol. The SMILES string of the molecule is CN(C)C(CNC(=O)C1CCN(C(=O)c2ccc(C(F)(F)F)cc2)CC1)c1cccc(F)c1. The van der Waals surface area contributed by atoms with Gasteiger partial charge in [-0.25, -0.2) is 4.39 Å². The zero-order chi connectivity index (χ0) is 24.2. The third kappa shape index (κ3) is 6.31. The van der Waals surface area contributed by atoms with Gasteiger partial charge >= 0.3 is 6.18 Å². The summed E-state index contributed by atoms with van der Waals surface area (Å²) in [5.41, 5.74) is 0.149. The molecule has 2 aromatic carbocycles. The van der Waals surface area contributed by atoms with Gasteiger partial charge in [-0.05, 0) is 68.9 Å². The van der Waals surface area contributed by atoms with E-state index in [9.17, 15) is 27.2 Å². The van der Waals surface area contributed by atoms with E-state index in [2.05, 4.69) is 5.32 Å². The summed E-state index contributed by atoms with van der Waals surface area (Å²) in [6, 6.07) is 10.2. The maximum Gasteiger partial charge on any atom is 0.416 e. The van der Waals surface area contributed by atoms with Crippen LogP contribution in [0.3, 0.4) is 0 Å². The van der Waals surface area contributed by atoms with Crippen molar-refractivity contribution in [2.75, 3.05) is 33.7 Å². The lowest BCUT2D eigenvalue weighted by Gasteiger charge is -2.32. The summed E-state index contributed by atoms with van der Waals surface area (Å²) in [6.45, 7) is 1.01. The smallest absolute Gasteiger partial charge is 0.354 e. The highest BCUT2D eigenvalue weighted by Crippen LogP contribution is 2.29. The molecule has 0 saturated carbocycles. The van der Waals surface area contributed by atoms with Crippen molar-refractivity contribution >= 4 is 11.8 Å². The van der Waals surface area contributed by atoms with Gasteiger partial charge in [0.15, 0.2) is 0 Å². The van der Waals surface area contributed by atoms with E-state index in [4.69, 9.17) is 0 Å². The number of hydrogen-bond acceptors (Lipinski definition) is 3. The maximum atomic E-state index is 13.6. The van der Waals surface area contributed by atoms with Crippen LogP contribution in [0.1, 0.15) is 40.4 Å². The van der Waals surface area contributed by atoms with E-state index < -0.39 is 11.7 Å². The van der Waals surface area contributed by atoms with Crippen molar-refractivity contribution < 1.29 is 27.2 Å². The summed E-state index contributed by atoms with van der Waals surface area (Å²) in [7, 11) is 3.71. The minimum atomic E-state index is -4.45. The van der Waals surface area contributed by atoms with Gasteiger partial charge in [0.25, 0.3) is 5.91 Å². The number of likely N-dealkylation sites (N-methyl/N-ethyl adjacent to an activating group) is 1. The van der Waals surface area contributed by atoms with E-state index in [-0.39, 0.29) is 35.2 Å². The summed E-state index contributed by atoms with van der Waals surface area (Å²) in [4.78, 5) is 28.8. The van der Waals surface area contributed by atoms with Gasteiger partial charge in [0.05, 0.1) is 11.6 Å². The number of rotatable bonds is 6. The van der Waals surface area contributed by atoms with E-state index >= 15 is 0 Å². The standard InChI is InChI=1S/C24H27F4N3O2/c1-30(2)21(18-4-3-5-20(25)14-18)15-29-22(32)16-10-12-31(13-11-16)23(33)17-6-8-19(9-7-17)24(26,27)28/h3-9,14,16,21H,10-13,15H2,1-2H3,(H,29,32). The number of piperidine rings is 1. The molecule has 1 N–H and O–H groups in total.